The standard InChI is InChI=1S/C29H26FN7OS/c1-2-27(38)35-23-12-21(31-15-23)6-8-24-13-25-28(39-24)29(33-17-32-25)36-22-7-9-26-19(11-22)14-34-37(26)16-18-4-3-5-20(30)10-18/h3-5,7,9-11,13-14,17,21,23,31H,2,12,15-16H2,1H3,(H,35,38)(H,32,33,36)/t21-,23-/m1/s1. The Balaban J connectivity index is 1.17. The predicted molar refractivity (Wildman–Crippen MR) is 151 cm³/mol. The zero-order valence-corrected chi connectivity index (χ0v) is 22.1. The maximum Gasteiger partial charge on any atom is 0.219 e. The van der Waals surface area contributed by atoms with Crippen molar-refractivity contribution in [2.24, 2.45) is 0 Å². The molecule has 2 atom stereocenters. The first-order chi connectivity index (χ1) is 19.0. The molecule has 1 aliphatic heterocycles. The number of carbonyl (C=O) groups is 1. The fraction of sp³-hybridized carbons (Fsp3) is 0.241. The van der Waals surface area contributed by atoms with Crippen molar-refractivity contribution in [3.8, 4) is 11.8 Å². The van der Waals surface area contributed by atoms with Gasteiger partial charge in [0.05, 0.1) is 39.4 Å². The number of fused-ring (bicyclic) bond motifs is 2. The quantitative estimate of drug-likeness (QED) is 0.274. The van der Waals surface area contributed by atoms with Crippen molar-refractivity contribution in [3.05, 3.63) is 77.3 Å². The number of anilines is 2. The lowest BCUT2D eigenvalue weighted by Gasteiger charge is -2.09. The molecule has 3 N–H and O–H groups in total. The van der Waals surface area contributed by atoms with Crippen molar-refractivity contribution in [3.63, 3.8) is 0 Å². The second-order valence-corrected chi connectivity index (χ2v) is 10.5. The van der Waals surface area contributed by atoms with Gasteiger partial charge >= 0.3 is 0 Å². The number of carbonyl (C=O) groups excluding carboxylic acids is 1. The van der Waals surface area contributed by atoms with Gasteiger partial charge in [-0.2, -0.15) is 5.10 Å². The molecule has 1 saturated heterocycles. The highest BCUT2D eigenvalue weighted by Gasteiger charge is 2.23. The SMILES string of the molecule is CCC(=O)N[C@H]1CN[C@H](C#Cc2cc3ncnc(Nc4ccc5c(cnn5Cc5cccc(F)c5)c4)c3s2)C1. The zero-order chi connectivity index (χ0) is 26.8. The van der Waals surface area contributed by atoms with Crippen LogP contribution >= 0.6 is 11.3 Å². The molecule has 39 heavy (non-hydrogen) atoms. The second kappa shape index (κ2) is 10.8. The van der Waals surface area contributed by atoms with Crippen molar-refractivity contribution in [1.82, 2.24) is 30.4 Å². The molecule has 0 unspecified atom stereocenters. The molecule has 2 aromatic carbocycles. The Morgan fingerprint density at radius 1 is 1.23 bits per heavy atom. The van der Waals surface area contributed by atoms with E-state index < -0.39 is 0 Å². The van der Waals surface area contributed by atoms with E-state index in [9.17, 15) is 9.18 Å². The predicted octanol–water partition coefficient (Wildman–Crippen LogP) is 4.58. The molecule has 0 radical (unpaired) electrons. The van der Waals surface area contributed by atoms with Gasteiger partial charge in [0.2, 0.25) is 5.91 Å². The first kappa shape index (κ1) is 25.0. The minimum atomic E-state index is -0.254. The lowest BCUT2D eigenvalue weighted by molar-refractivity contribution is -0.121. The van der Waals surface area contributed by atoms with Crippen LogP contribution < -0.4 is 16.0 Å². The van der Waals surface area contributed by atoms with E-state index in [0.29, 0.717) is 18.8 Å². The number of aromatic nitrogens is 4. The number of hydrogen-bond donors (Lipinski definition) is 3. The number of benzene rings is 2. The number of rotatable bonds is 6. The summed E-state index contributed by atoms with van der Waals surface area (Å²) in [5, 5.41) is 15.3. The Bertz CT molecular complexity index is 1730. The minimum Gasteiger partial charge on any atom is -0.352 e. The molecule has 8 nitrogen and oxygen atoms in total. The van der Waals surface area contributed by atoms with E-state index in [1.165, 1.54) is 12.1 Å². The topological polar surface area (TPSA) is 96.8 Å². The molecule has 5 aromatic rings. The van der Waals surface area contributed by atoms with Gasteiger partial charge in [0, 0.05) is 30.1 Å². The van der Waals surface area contributed by atoms with Gasteiger partial charge in [-0.3, -0.25) is 9.48 Å². The van der Waals surface area contributed by atoms with Gasteiger partial charge in [-0.1, -0.05) is 30.9 Å². The van der Waals surface area contributed by atoms with E-state index >= 15 is 0 Å². The summed E-state index contributed by atoms with van der Waals surface area (Å²) in [6, 6.07) is 14.7. The largest absolute Gasteiger partial charge is 0.352 e. The average molecular weight is 540 g/mol. The van der Waals surface area contributed by atoms with Gasteiger partial charge in [0.15, 0.2) is 5.82 Å². The Labute approximate surface area is 228 Å². The van der Waals surface area contributed by atoms with Crippen molar-refractivity contribution in [2.45, 2.75) is 38.4 Å². The number of thiophene rings is 1. The fourth-order valence-electron chi connectivity index (χ4n) is 4.68. The second-order valence-electron chi connectivity index (χ2n) is 9.46. The van der Waals surface area contributed by atoms with Crippen molar-refractivity contribution in [2.75, 3.05) is 11.9 Å². The molecule has 1 amide bonds. The zero-order valence-electron chi connectivity index (χ0n) is 21.2. The number of hydrogen-bond acceptors (Lipinski definition) is 7. The first-order valence-electron chi connectivity index (χ1n) is 12.8. The molecular formula is C29H26FN7OS. The van der Waals surface area contributed by atoms with Crippen molar-refractivity contribution < 1.29 is 9.18 Å². The Morgan fingerprint density at radius 2 is 2.15 bits per heavy atom. The Hall–Kier alpha value is -4.33. The molecule has 196 valence electrons. The number of nitrogens with one attached hydrogen (secondary N) is 3. The molecule has 0 saturated carbocycles. The molecule has 4 heterocycles. The van der Waals surface area contributed by atoms with Crippen molar-refractivity contribution >= 4 is 49.9 Å². The summed E-state index contributed by atoms with van der Waals surface area (Å²) in [6.45, 7) is 3.07. The first-order valence-corrected chi connectivity index (χ1v) is 13.6. The van der Waals surface area contributed by atoms with E-state index in [-0.39, 0.29) is 23.8 Å². The lowest BCUT2D eigenvalue weighted by Crippen LogP contribution is -2.35. The van der Waals surface area contributed by atoms with E-state index in [2.05, 4.69) is 42.9 Å². The van der Waals surface area contributed by atoms with Gasteiger partial charge in [0.1, 0.15) is 12.1 Å². The van der Waals surface area contributed by atoms with Crippen LogP contribution in [0.15, 0.2) is 61.1 Å². The maximum atomic E-state index is 13.6. The van der Waals surface area contributed by atoms with Crippen LogP contribution in [0.5, 0.6) is 0 Å². The monoisotopic (exact) mass is 539 g/mol. The van der Waals surface area contributed by atoms with Gasteiger partial charge in [-0.05, 0) is 48.4 Å². The van der Waals surface area contributed by atoms with Gasteiger partial charge < -0.3 is 16.0 Å². The van der Waals surface area contributed by atoms with Crippen LogP contribution in [0.2, 0.25) is 0 Å². The Morgan fingerprint density at radius 3 is 3.03 bits per heavy atom. The van der Waals surface area contributed by atoms with Crippen LogP contribution in [-0.2, 0) is 11.3 Å². The summed E-state index contributed by atoms with van der Waals surface area (Å²) in [4.78, 5) is 21.5. The van der Waals surface area contributed by atoms with Gasteiger partial charge in [-0.25, -0.2) is 14.4 Å². The normalized spacial score (nSPS) is 16.8. The summed E-state index contributed by atoms with van der Waals surface area (Å²) in [5.41, 5.74) is 3.53. The minimum absolute atomic E-state index is 0.0367. The van der Waals surface area contributed by atoms with Crippen LogP contribution in [0.3, 0.4) is 0 Å². The number of amides is 1. The van der Waals surface area contributed by atoms with Crippen LogP contribution in [0.1, 0.15) is 30.2 Å². The van der Waals surface area contributed by atoms with E-state index in [4.69, 9.17) is 0 Å². The molecule has 0 aliphatic carbocycles. The third kappa shape index (κ3) is 5.60. The highest BCUT2D eigenvalue weighted by atomic mass is 32.1. The molecule has 1 aliphatic rings. The van der Waals surface area contributed by atoms with Crippen LogP contribution in [0, 0.1) is 17.7 Å². The highest BCUT2D eigenvalue weighted by Crippen LogP contribution is 2.31. The van der Waals surface area contributed by atoms with Crippen LogP contribution in [0.4, 0.5) is 15.9 Å². The van der Waals surface area contributed by atoms with Crippen molar-refractivity contribution in [1.29, 1.82) is 0 Å². The lowest BCUT2D eigenvalue weighted by atomic mass is 10.1. The summed E-state index contributed by atoms with van der Waals surface area (Å²) < 4.78 is 16.4. The van der Waals surface area contributed by atoms with E-state index in [1.54, 1.807) is 23.7 Å². The number of halogens is 1. The molecule has 0 spiro atoms. The molecule has 1 fully saturated rings. The molecule has 3 aromatic heterocycles. The summed E-state index contributed by atoms with van der Waals surface area (Å²) >= 11 is 1.55. The highest BCUT2D eigenvalue weighted by molar-refractivity contribution is 7.20. The van der Waals surface area contributed by atoms with Crippen LogP contribution in [0.25, 0.3) is 21.1 Å². The summed E-state index contributed by atoms with van der Waals surface area (Å²) in [5.74, 6) is 7.08. The smallest absolute Gasteiger partial charge is 0.219 e. The third-order valence-corrected chi connectivity index (χ3v) is 7.67. The van der Waals surface area contributed by atoms with E-state index in [0.717, 1.165) is 50.2 Å². The molecule has 10 heteroatoms. The Kier molecular flexibility index (Phi) is 6.92. The van der Waals surface area contributed by atoms with Crippen LogP contribution in [-0.4, -0.2) is 44.3 Å². The molecule has 6 rings (SSSR count). The average Bonchev–Trinajstić information content (AvgIpc) is 3.66. The van der Waals surface area contributed by atoms with Gasteiger partial charge in [0.25, 0.3) is 0 Å². The summed E-state index contributed by atoms with van der Waals surface area (Å²) in [7, 11) is 0. The third-order valence-electron chi connectivity index (χ3n) is 6.62. The summed E-state index contributed by atoms with van der Waals surface area (Å²) in [6.07, 6.45) is 4.63. The molecule has 0 bridgehead atoms. The number of nitrogens with zero attached hydrogens (tertiary/aromatic N) is 4. The fourth-order valence-corrected chi connectivity index (χ4v) is 5.60. The van der Waals surface area contributed by atoms with Gasteiger partial charge in [-0.15, -0.1) is 11.3 Å². The maximum absolute atomic E-state index is 13.6. The molecular weight excluding hydrogens is 513 g/mol. The van der Waals surface area contributed by atoms with E-state index in [1.807, 2.05) is 48.1 Å².